The molecule has 0 radical (unpaired) electrons. The van der Waals surface area contributed by atoms with E-state index in [1.807, 2.05) is 6.92 Å². The van der Waals surface area contributed by atoms with Crippen molar-refractivity contribution in [3.63, 3.8) is 0 Å². The first-order chi connectivity index (χ1) is 13.3. The van der Waals surface area contributed by atoms with E-state index in [9.17, 15) is 18.3 Å². The third-order valence-corrected chi connectivity index (χ3v) is 5.83. The molecule has 7 nitrogen and oxygen atoms in total. The van der Waals surface area contributed by atoms with Gasteiger partial charge in [-0.05, 0) is 43.3 Å². The second-order valence-corrected chi connectivity index (χ2v) is 8.21. The molecule has 0 fully saturated rings. The van der Waals surface area contributed by atoms with Crippen LogP contribution in [0, 0.1) is 6.92 Å². The van der Waals surface area contributed by atoms with Crippen LogP contribution in [0.15, 0.2) is 70.9 Å². The largest absolute Gasteiger partial charge is 0.506 e. The highest BCUT2D eigenvalue weighted by Crippen LogP contribution is 2.23. The van der Waals surface area contributed by atoms with Crippen molar-refractivity contribution in [3.05, 3.63) is 82.6 Å². The second-order valence-electron chi connectivity index (χ2n) is 5.96. The molecule has 0 aliphatic heterocycles. The van der Waals surface area contributed by atoms with Crippen molar-refractivity contribution in [1.29, 1.82) is 0 Å². The smallest absolute Gasteiger partial charge is 0.271 e. The molecule has 0 spiro atoms. The summed E-state index contributed by atoms with van der Waals surface area (Å²) in [6, 6.07) is 12.1. The molecular formula is C19H16ClN3O4S. The fourth-order valence-electron chi connectivity index (χ4n) is 2.33. The molecule has 1 aromatic heterocycles. The maximum absolute atomic E-state index is 12.6. The van der Waals surface area contributed by atoms with Crippen molar-refractivity contribution >= 4 is 33.7 Å². The number of aromatic hydroxyl groups is 1. The normalized spacial score (nSPS) is 11.6. The summed E-state index contributed by atoms with van der Waals surface area (Å²) in [4.78, 5) is 12.2. The zero-order valence-electron chi connectivity index (χ0n) is 14.7. The summed E-state index contributed by atoms with van der Waals surface area (Å²) in [5.74, 6) is -0.650. The molecule has 9 heteroatoms. The Hall–Kier alpha value is -3.10. The number of carbonyl (C=O) groups is 1. The Morgan fingerprint density at radius 1 is 1.18 bits per heavy atom. The molecule has 3 aromatic rings. The Morgan fingerprint density at radius 3 is 2.57 bits per heavy atom. The van der Waals surface area contributed by atoms with E-state index in [2.05, 4.69) is 10.5 Å². The topological polar surface area (TPSA) is 101 Å². The van der Waals surface area contributed by atoms with Crippen molar-refractivity contribution in [2.45, 2.75) is 11.8 Å². The first-order valence-electron chi connectivity index (χ1n) is 8.09. The molecule has 28 heavy (non-hydrogen) atoms. The van der Waals surface area contributed by atoms with Gasteiger partial charge in [-0.25, -0.2) is 17.8 Å². The summed E-state index contributed by atoms with van der Waals surface area (Å²) >= 11 is 5.76. The van der Waals surface area contributed by atoms with Gasteiger partial charge >= 0.3 is 0 Å². The summed E-state index contributed by atoms with van der Waals surface area (Å²) < 4.78 is 26.3. The fraction of sp³-hybridized carbons (Fsp3) is 0.0526. The molecule has 0 saturated carbocycles. The van der Waals surface area contributed by atoms with Crippen LogP contribution in [0.2, 0.25) is 5.02 Å². The first kappa shape index (κ1) is 19.7. The standard InChI is InChI=1S/C19H16ClN3O4S/c1-13-2-5-16(6-3-13)28(26,27)23-9-8-14(12-23)11-21-22-19(25)15-4-7-18(24)17(20)10-15/h2-12,24H,1H3,(H,22,25). The van der Waals surface area contributed by atoms with E-state index in [0.717, 1.165) is 9.54 Å². The van der Waals surface area contributed by atoms with Gasteiger partial charge in [-0.15, -0.1) is 0 Å². The number of phenolic OH excluding ortho intramolecular Hbond substituents is 1. The Labute approximate surface area is 166 Å². The van der Waals surface area contributed by atoms with E-state index >= 15 is 0 Å². The lowest BCUT2D eigenvalue weighted by Crippen LogP contribution is -2.17. The second kappa shape index (κ2) is 7.87. The molecule has 144 valence electrons. The minimum absolute atomic E-state index is 0.0509. The van der Waals surface area contributed by atoms with Crippen LogP contribution in [0.25, 0.3) is 0 Å². The highest BCUT2D eigenvalue weighted by molar-refractivity contribution is 7.90. The number of rotatable bonds is 5. The number of hydrogen-bond donors (Lipinski definition) is 2. The van der Waals surface area contributed by atoms with Gasteiger partial charge in [0.25, 0.3) is 15.9 Å². The van der Waals surface area contributed by atoms with E-state index in [-0.39, 0.29) is 21.2 Å². The van der Waals surface area contributed by atoms with Crippen LogP contribution in [0.5, 0.6) is 5.75 Å². The lowest BCUT2D eigenvalue weighted by molar-refractivity contribution is 0.0955. The number of amides is 1. The zero-order valence-corrected chi connectivity index (χ0v) is 16.3. The number of hydrazone groups is 1. The van der Waals surface area contributed by atoms with Crippen molar-refractivity contribution in [2.75, 3.05) is 0 Å². The third-order valence-electron chi connectivity index (χ3n) is 3.88. The van der Waals surface area contributed by atoms with Crippen molar-refractivity contribution < 1.29 is 18.3 Å². The number of carbonyl (C=O) groups excluding carboxylic acids is 1. The summed E-state index contributed by atoms with van der Waals surface area (Å²) in [5, 5.41) is 13.2. The number of phenols is 1. The Morgan fingerprint density at radius 2 is 1.89 bits per heavy atom. The van der Waals surface area contributed by atoms with Crippen LogP contribution < -0.4 is 5.43 Å². The van der Waals surface area contributed by atoms with Gasteiger partial charge in [0.1, 0.15) is 5.75 Å². The highest BCUT2D eigenvalue weighted by Gasteiger charge is 2.16. The fourth-order valence-corrected chi connectivity index (χ4v) is 3.71. The van der Waals surface area contributed by atoms with Gasteiger partial charge in [-0.2, -0.15) is 5.10 Å². The third kappa shape index (κ3) is 4.24. The molecule has 0 saturated heterocycles. The van der Waals surface area contributed by atoms with Gasteiger partial charge in [0.2, 0.25) is 0 Å². The summed E-state index contributed by atoms with van der Waals surface area (Å²) in [6.45, 7) is 1.88. The van der Waals surface area contributed by atoms with Gasteiger partial charge in [0.15, 0.2) is 0 Å². The average molecular weight is 418 g/mol. The van der Waals surface area contributed by atoms with Gasteiger partial charge in [-0.1, -0.05) is 29.3 Å². The quantitative estimate of drug-likeness (QED) is 0.491. The SMILES string of the molecule is Cc1ccc(S(=O)(=O)n2ccc(C=NNC(=O)c3ccc(O)c(Cl)c3)c2)cc1. The van der Waals surface area contributed by atoms with E-state index in [1.54, 1.807) is 30.3 Å². The number of nitrogens with zero attached hydrogens (tertiary/aromatic N) is 2. The Bertz CT molecular complexity index is 1150. The molecule has 0 unspecified atom stereocenters. The molecule has 2 N–H and O–H groups in total. The summed E-state index contributed by atoms with van der Waals surface area (Å²) in [7, 11) is -3.70. The summed E-state index contributed by atoms with van der Waals surface area (Å²) in [6.07, 6.45) is 4.11. The lowest BCUT2D eigenvalue weighted by atomic mass is 10.2. The molecule has 0 aliphatic carbocycles. The van der Waals surface area contributed by atoms with Crippen LogP contribution in [-0.2, 0) is 10.0 Å². The number of aryl methyl sites for hydroxylation is 1. The van der Waals surface area contributed by atoms with Crippen LogP contribution in [0.3, 0.4) is 0 Å². The number of aromatic nitrogens is 1. The van der Waals surface area contributed by atoms with E-state index < -0.39 is 15.9 Å². The minimum Gasteiger partial charge on any atom is -0.506 e. The monoisotopic (exact) mass is 417 g/mol. The lowest BCUT2D eigenvalue weighted by Gasteiger charge is -2.05. The number of benzene rings is 2. The molecule has 2 aromatic carbocycles. The predicted octanol–water partition coefficient (Wildman–Crippen LogP) is 3.16. The van der Waals surface area contributed by atoms with Crippen LogP contribution in [-0.4, -0.2) is 29.6 Å². The molecule has 0 bridgehead atoms. The number of hydrogen-bond acceptors (Lipinski definition) is 5. The minimum atomic E-state index is -3.70. The van der Waals surface area contributed by atoms with Crippen molar-refractivity contribution in [2.24, 2.45) is 5.10 Å². The molecule has 1 amide bonds. The number of nitrogens with one attached hydrogen (secondary N) is 1. The average Bonchev–Trinajstić information content (AvgIpc) is 3.14. The van der Waals surface area contributed by atoms with Crippen LogP contribution in [0.4, 0.5) is 0 Å². The van der Waals surface area contributed by atoms with Crippen molar-refractivity contribution in [3.8, 4) is 5.75 Å². The van der Waals surface area contributed by atoms with Gasteiger partial charge in [-0.3, -0.25) is 4.79 Å². The van der Waals surface area contributed by atoms with Crippen LogP contribution >= 0.6 is 11.6 Å². The molecule has 1 heterocycles. The Balaban J connectivity index is 1.71. The van der Waals surface area contributed by atoms with Crippen molar-refractivity contribution in [1.82, 2.24) is 9.40 Å². The maximum atomic E-state index is 12.6. The van der Waals surface area contributed by atoms with Crippen LogP contribution in [0.1, 0.15) is 21.5 Å². The zero-order chi connectivity index (χ0) is 20.3. The first-order valence-corrected chi connectivity index (χ1v) is 9.91. The highest BCUT2D eigenvalue weighted by atomic mass is 35.5. The molecule has 0 atom stereocenters. The summed E-state index contributed by atoms with van der Waals surface area (Å²) in [5.41, 5.74) is 3.98. The van der Waals surface area contributed by atoms with E-state index in [1.165, 1.54) is 36.8 Å². The molecule has 0 aliphatic rings. The maximum Gasteiger partial charge on any atom is 0.271 e. The van der Waals surface area contributed by atoms with Gasteiger partial charge in [0, 0.05) is 23.5 Å². The van der Waals surface area contributed by atoms with E-state index in [0.29, 0.717) is 5.56 Å². The van der Waals surface area contributed by atoms with Gasteiger partial charge in [0.05, 0.1) is 16.1 Å². The molecular weight excluding hydrogens is 402 g/mol. The number of halogens is 1. The predicted molar refractivity (Wildman–Crippen MR) is 106 cm³/mol. The van der Waals surface area contributed by atoms with E-state index in [4.69, 9.17) is 11.6 Å². The Kier molecular flexibility index (Phi) is 5.53. The molecule has 3 rings (SSSR count). The van der Waals surface area contributed by atoms with Gasteiger partial charge < -0.3 is 5.11 Å².